The largest absolute Gasteiger partial charge is 0.324 e. The lowest BCUT2D eigenvalue weighted by atomic mass is 9.77. The molecule has 2 unspecified atom stereocenters. The maximum absolute atomic E-state index is 12.3. The summed E-state index contributed by atoms with van der Waals surface area (Å²) >= 11 is 0. The van der Waals surface area contributed by atoms with Crippen molar-refractivity contribution in [3.8, 4) is 0 Å². The highest BCUT2D eigenvalue weighted by Crippen LogP contribution is 2.45. The van der Waals surface area contributed by atoms with Gasteiger partial charge in [0.05, 0.1) is 11.8 Å². The Kier molecular flexibility index (Phi) is 2.73. The number of imide groups is 1. The Labute approximate surface area is 108 Å². The van der Waals surface area contributed by atoms with Crippen LogP contribution in [0, 0.1) is 17.8 Å². The summed E-state index contributed by atoms with van der Waals surface area (Å²) in [4.78, 5) is 26.1. The van der Waals surface area contributed by atoms with Crippen LogP contribution in [0.2, 0.25) is 0 Å². The molecule has 2 atom stereocenters. The fourth-order valence-electron chi connectivity index (χ4n) is 3.79. The van der Waals surface area contributed by atoms with E-state index in [4.69, 9.17) is 5.73 Å². The van der Waals surface area contributed by atoms with Crippen LogP contribution in [0.25, 0.3) is 0 Å². The van der Waals surface area contributed by atoms with E-state index in [1.165, 1.54) is 4.90 Å². The molecule has 0 radical (unpaired) electrons. The third-order valence-corrected chi connectivity index (χ3v) is 5.23. The molecule has 100 valence electrons. The molecule has 1 heterocycles. The summed E-state index contributed by atoms with van der Waals surface area (Å²) in [6.07, 6.45) is 5.89. The second kappa shape index (κ2) is 4.05. The lowest BCUT2D eigenvalue weighted by molar-refractivity contribution is -0.142. The minimum atomic E-state index is -0.284. The number of amides is 2. The molecule has 0 bridgehead atoms. The van der Waals surface area contributed by atoms with Crippen LogP contribution in [0.4, 0.5) is 0 Å². The first kappa shape index (κ1) is 12.2. The van der Waals surface area contributed by atoms with Crippen LogP contribution in [-0.4, -0.2) is 28.8 Å². The highest BCUT2D eigenvalue weighted by Gasteiger charge is 2.53. The van der Waals surface area contributed by atoms with Gasteiger partial charge in [-0.1, -0.05) is 13.3 Å². The monoisotopic (exact) mass is 250 g/mol. The summed E-state index contributed by atoms with van der Waals surface area (Å²) in [5, 5.41) is 0. The molecule has 3 rings (SSSR count). The molecule has 3 aliphatic rings. The first-order valence-electron chi connectivity index (χ1n) is 7.18. The van der Waals surface area contributed by atoms with Crippen molar-refractivity contribution in [3.05, 3.63) is 0 Å². The normalized spacial score (nSPS) is 37.9. The molecule has 0 aromatic heterocycles. The number of nitrogens with two attached hydrogens (primary N) is 1. The van der Waals surface area contributed by atoms with Gasteiger partial charge in [-0.3, -0.25) is 14.5 Å². The maximum atomic E-state index is 12.3. The zero-order chi connectivity index (χ0) is 12.9. The van der Waals surface area contributed by atoms with Crippen molar-refractivity contribution in [2.24, 2.45) is 23.5 Å². The predicted molar refractivity (Wildman–Crippen MR) is 67.5 cm³/mol. The van der Waals surface area contributed by atoms with Gasteiger partial charge < -0.3 is 5.73 Å². The Hall–Kier alpha value is -0.900. The van der Waals surface area contributed by atoms with E-state index in [2.05, 4.69) is 6.92 Å². The Bertz CT molecular complexity index is 365. The van der Waals surface area contributed by atoms with E-state index in [1.54, 1.807) is 0 Å². The molecule has 1 saturated heterocycles. The van der Waals surface area contributed by atoms with E-state index in [0.717, 1.165) is 38.5 Å². The van der Waals surface area contributed by atoms with Crippen molar-refractivity contribution in [3.63, 3.8) is 0 Å². The zero-order valence-electron chi connectivity index (χ0n) is 11.0. The van der Waals surface area contributed by atoms with Gasteiger partial charge in [-0.25, -0.2) is 0 Å². The smallest absolute Gasteiger partial charge is 0.233 e. The van der Waals surface area contributed by atoms with Crippen molar-refractivity contribution in [1.82, 2.24) is 4.90 Å². The first-order valence-corrected chi connectivity index (χ1v) is 7.18. The minimum absolute atomic E-state index is 0.0360. The van der Waals surface area contributed by atoms with Gasteiger partial charge in [0.2, 0.25) is 11.8 Å². The third-order valence-electron chi connectivity index (χ3n) is 5.23. The van der Waals surface area contributed by atoms with Gasteiger partial charge in [0, 0.05) is 12.1 Å². The number of carbonyl (C=O) groups is 2. The summed E-state index contributed by atoms with van der Waals surface area (Å²) in [6, 6.07) is 0. The molecule has 2 aliphatic carbocycles. The first-order chi connectivity index (χ1) is 8.54. The molecular weight excluding hydrogens is 228 g/mol. The van der Waals surface area contributed by atoms with Crippen LogP contribution in [-0.2, 0) is 9.59 Å². The third kappa shape index (κ3) is 1.69. The summed E-state index contributed by atoms with van der Waals surface area (Å²) < 4.78 is 0. The van der Waals surface area contributed by atoms with Crippen LogP contribution in [0.3, 0.4) is 0 Å². The molecule has 0 spiro atoms. The van der Waals surface area contributed by atoms with Gasteiger partial charge >= 0.3 is 0 Å². The molecule has 2 amide bonds. The second-order valence-corrected chi connectivity index (χ2v) is 6.44. The molecule has 4 nitrogen and oxygen atoms in total. The van der Waals surface area contributed by atoms with E-state index in [1.807, 2.05) is 0 Å². The fourth-order valence-corrected chi connectivity index (χ4v) is 3.79. The maximum Gasteiger partial charge on any atom is 0.233 e. The Morgan fingerprint density at radius 2 is 1.78 bits per heavy atom. The number of fused-ring (bicyclic) bond motifs is 1. The summed E-state index contributed by atoms with van der Waals surface area (Å²) in [6.45, 7) is 2.59. The molecule has 1 aliphatic heterocycles. The average Bonchev–Trinajstić information content (AvgIpc) is 2.83. The number of hydrogen-bond acceptors (Lipinski definition) is 3. The van der Waals surface area contributed by atoms with Gasteiger partial charge in [-0.05, 0) is 38.0 Å². The van der Waals surface area contributed by atoms with E-state index in [0.29, 0.717) is 12.5 Å². The Balaban J connectivity index is 1.72. The lowest BCUT2D eigenvalue weighted by Crippen LogP contribution is -2.56. The molecule has 18 heavy (non-hydrogen) atoms. The standard InChI is InChI=1S/C14H22N2O2/c1-2-9-6-10-11(7-9)13(18)16(12(10)17)8-14(15)4-3-5-14/h9-11H,2-8,15H2,1H3. The van der Waals surface area contributed by atoms with Crippen molar-refractivity contribution in [2.75, 3.05) is 6.54 Å². The minimum Gasteiger partial charge on any atom is -0.324 e. The molecule has 4 heteroatoms. The van der Waals surface area contributed by atoms with Crippen LogP contribution >= 0.6 is 0 Å². The number of likely N-dealkylation sites (tertiary alicyclic amines) is 1. The van der Waals surface area contributed by atoms with Crippen LogP contribution in [0.1, 0.15) is 45.4 Å². The average molecular weight is 250 g/mol. The summed E-state index contributed by atoms with van der Waals surface area (Å²) in [5.41, 5.74) is 5.88. The number of carbonyl (C=O) groups excluding carboxylic acids is 2. The van der Waals surface area contributed by atoms with Crippen molar-refractivity contribution in [2.45, 2.75) is 51.0 Å². The van der Waals surface area contributed by atoms with Crippen LogP contribution < -0.4 is 5.73 Å². The fraction of sp³-hybridized carbons (Fsp3) is 0.857. The van der Waals surface area contributed by atoms with E-state index >= 15 is 0 Å². The van der Waals surface area contributed by atoms with Crippen molar-refractivity contribution in [1.29, 1.82) is 0 Å². The quantitative estimate of drug-likeness (QED) is 0.768. The van der Waals surface area contributed by atoms with E-state index < -0.39 is 0 Å². The van der Waals surface area contributed by atoms with Gasteiger partial charge in [-0.15, -0.1) is 0 Å². The Morgan fingerprint density at radius 3 is 2.17 bits per heavy atom. The van der Waals surface area contributed by atoms with Crippen LogP contribution in [0.5, 0.6) is 0 Å². The molecule has 0 aromatic carbocycles. The summed E-state index contributed by atoms with van der Waals surface area (Å²) in [7, 11) is 0. The topological polar surface area (TPSA) is 63.4 Å². The lowest BCUT2D eigenvalue weighted by Gasteiger charge is -2.40. The predicted octanol–water partition coefficient (Wildman–Crippen LogP) is 1.29. The van der Waals surface area contributed by atoms with Crippen molar-refractivity contribution < 1.29 is 9.59 Å². The van der Waals surface area contributed by atoms with Crippen LogP contribution in [0.15, 0.2) is 0 Å². The van der Waals surface area contributed by atoms with Gasteiger partial charge in [0.1, 0.15) is 0 Å². The highest BCUT2D eigenvalue weighted by molar-refractivity contribution is 6.05. The number of rotatable bonds is 3. The molecular formula is C14H22N2O2. The Morgan fingerprint density at radius 1 is 1.22 bits per heavy atom. The van der Waals surface area contributed by atoms with Gasteiger partial charge in [0.25, 0.3) is 0 Å². The molecule has 0 aromatic rings. The number of hydrogen-bond donors (Lipinski definition) is 1. The van der Waals surface area contributed by atoms with Gasteiger partial charge in [0.15, 0.2) is 0 Å². The SMILES string of the molecule is CCC1CC2C(=O)N(CC3(N)CCC3)C(=O)C2C1. The molecule has 3 fully saturated rings. The van der Waals surface area contributed by atoms with E-state index in [9.17, 15) is 9.59 Å². The van der Waals surface area contributed by atoms with Crippen molar-refractivity contribution >= 4 is 11.8 Å². The van der Waals surface area contributed by atoms with E-state index in [-0.39, 0.29) is 29.2 Å². The number of nitrogens with zero attached hydrogens (tertiary/aromatic N) is 1. The second-order valence-electron chi connectivity index (χ2n) is 6.44. The molecule has 2 saturated carbocycles. The van der Waals surface area contributed by atoms with Gasteiger partial charge in [-0.2, -0.15) is 0 Å². The highest BCUT2D eigenvalue weighted by atomic mass is 16.2. The molecule has 2 N–H and O–H groups in total. The zero-order valence-corrected chi connectivity index (χ0v) is 11.0. The summed E-state index contributed by atoms with van der Waals surface area (Å²) in [5.74, 6) is 0.596.